The van der Waals surface area contributed by atoms with Crippen LogP contribution in [0.1, 0.15) is 5.56 Å². The van der Waals surface area contributed by atoms with Crippen LogP contribution < -0.4 is 11.2 Å². The first-order valence-electron chi connectivity index (χ1n) is 4.31. The molecule has 1 heterocycles. The standard InChI is InChI=1S/C9H13N3O2/c10-9(13)7-14-12-6-3-8-1-4-11-5-2-8/h1-2,4-5,12H,3,6-7H2,(H2,10,13). The summed E-state index contributed by atoms with van der Waals surface area (Å²) in [4.78, 5) is 19.0. The Morgan fingerprint density at radius 3 is 2.86 bits per heavy atom. The van der Waals surface area contributed by atoms with Crippen LogP contribution in [0, 0.1) is 0 Å². The summed E-state index contributed by atoms with van der Waals surface area (Å²) < 4.78 is 0. The van der Waals surface area contributed by atoms with E-state index < -0.39 is 5.91 Å². The van der Waals surface area contributed by atoms with Gasteiger partial charge in [0.25, 0.3) is 0 Å². The summed E-state index contributed by atoms with van der Waals surface area (Å²) in [7, 11) is 0. The molecule has 0 saturated heterocycles. The number of nitrogens with zero attached hydrogens (tertiary/aromatic N) is 1. The topological polar surface area (TPSA) is 77.2 Å². The third-order valence-electron chi connectivity index (χ3n) is 1.58. The molecule has 1 aromatic heterocycles. The molecule has 0 fully saturated rings. The SMILES string of the molecule is NC(=O)CONCCc1ccncc1. The number of nitrogens with one attached hydrogen (secondary N) is 1. The lowest BCUT2D eigenvalue weighted by Gasteiger charge is -2.03. The largest absolute Gasteiger partial charge is 0.368 e. The van der Waals surface area contributed by atoms with Crippen LogP contribution in [0.4, 0.5) is 0 Å². The maximum absolute atomic E-state index is 10.3. The van der Waals surface area contributed by atoms with Gasteiger partial charge in [0, 0.05) is 18.9 Å². The molecule has 76 valence electrons. The Hall–Kier alpha value is -1.46. The average molecular weight is 195 g/mol. The average Bonchev–Trinajstić information content (AvgIpc) is 2.18. The third kappa shape index (κ3) is 4.54. The molecule has 0 aliphatic carbocycles. The second-order valence-electron chi connectivity index (χ2n) is 2.75. The Balaban J connectivity index is 2.08. The van der Waals surface area contributed by atoms with Gasteiger partial charge in [-0.3, -0.25) is 14.6 Å². The van der Waals surface area contributed by atoms with Crippen LogP contribution in [0.3, 0.4) is 0 Å². The molecule has 1 rings (SSSR count). The quantitative estimate of drug-likeness (QED) is 0.479. The zero-order valence-corrected chi connectivity index (χ0v) is 7.77. The maximum atomic E-state index is 10.3. The van der Waals surface area contributed by atoms with Gasteiger partial charge in [0.2, 0.25) is 5.91 Å². The number of hydroxylamine groups is 1. The summed E-state index contributed by atoms with van der Waals surface area (Å²) in [6.45, 7) is 0.535. The lowest BCUT2D eigenvalue weighted by atomic mass is 10.2. The number of carbonyl (C=O) groups is 1. The van der Waals surface area contributed by atoms with Crippen molar-refractivity contribution in [1.29, 1.82) is 0 Å². The van der Waals surface area contributed by atoms with Crippen molar-refractivity contribution in [3.8, 4) is 0 Å². The molecule has 0 aliphatic heterocycles. The van der Waals surface area contributed by atoms with Gasteiger partial charge >= 0.3 is 0 Å². The van der Waals surface area contributed by atoms with Gasteiger partial charge in [0.05, 0.1) is 0 Å². The second-order valence-corrected chi connectivity index (χ2v) is 2.75. The highest BCUT2D eigenvalue weighted by atomic mass is 16.6. The second kappa shape index (κ2) is 6.06. The van der Waals surface area contributed by atoms with Crippen molar-refractivity contribution in [2.75, 3.05) is 13.2 Å². The van der Waals surface area contributed by atoms with E-state index in [1.807, 2.05) is 12.1 Å². The first kappa shape index (κ1) is 10.6. The Labute approximate surface area is 82.2 Å². The van der Waals surface area contributed by atoms with E-state index in [1.54, 1.807) is 12.4 Å². The Bertz CT molecular complexity index is 277. The molecule has 0 atom stereocenters. The summed E-state index contributed by atoms with van der Waals surface area (Å²) in [6, 6.07) is 3.85. The Kier molecular flexibility index (Phi) is 4.60. The van der Waals surface area contributed by atoms with E-state index >= 15 is 0 Å². The monoisotopic (exact) mass is 195 g/mol. The van der Waals surface area contributed by atoms with E-state index in [4.69, 9.17) is 10.6 Å². The minimum absolute atomic E-state index is 0.101. The van der Waals surface area contributed by atoms with Crippen LogP contribution in [0.15, 0.2) is 24.5 Å². The van der Waals surface area contributed by atoms with Crippen LogP contribution in [0.2, 0.25) is 0 Å². The first-order valence-corrected chi connectivity index (χ1v) is 4.31. The van der Waals surface area contributed by atoms with E-state index in [-0.39, 0.29) is 6.61 Å². The van der Waals surface area contributed by atoms with E-state index in [1.165, 1.54) is 0 Å². The fraction of sp³-hybridized carbons (Fsp3) is 0.333. The van der Waals surface area contributed by atoms with Crippen LogP contribution in [0.5, 0.6) is 0 Å². The zero-order valence-electron chi connectivity index (χ0n) is 7.77. The van der Waals surface area contributed by atoms with E-state index in [0.29, 0.717) is 6.54 Å². The van der Waals surface area contributed by atoms with Crippen LogP contribution >= 0.6 is 0 Å². The van der Waals surface area contributed by atoms with Gasteiger partial charge in [-0.05, 0) is 24.1 Å². The van der Waals surface area contributed by atoms with Crippen molar-refractivity contribution in [2.45, 2.75) is 6.42 Å². The Morgan fingerprint density at radius 2 is 2.21 bits per heavy atom. The van der Waals surface area contributed by atoms with Crippen molar-refractivity contribution in [2.24, 2.45) is 5.73 Å². The highest BCUT2D eigenvalue weighted by Gasteiger charge is 1.94. The first-order chi connectivity index (χ1) is 6.79. The van der Waals surface area contributed by atoms with Gasteiger partial charge in [-0.2, -0.15) is 0 Å². The van der Waals surface area contributed by atoms with Crippen molar-refractivity contribution in [3.05, 3.63) is 30.1 Å². The minimum atomic E-state index is -0.485. The number of nitrogens with two attached hydrogens (primary N) is 1. The normalized spacial score (nSPS) is 10.0. The highest BCUT2D eigenvalue weighted by Crippen LogP contribution is 1.95. The van der Waals surface area contributed by atoms with Crippen molar-refractivity contribution in [3.63, 3.8) is 0 Å². The maximum Gasteiger partial charge on any atom is 0.245 e. The number of hydrogen-bond donors (Lipinski definition) is 2. The molecular formula is C9H13N3O2. The molecule has 5 heteroatoms. The summed E-state index contributed by atoms with van der Waals surface area (Å²) in [5.41, 5.74) is 8.68. The summed E-state index contributed by atoms with van der Waals surface area (Å²) >= 11 is 0. The molecule has 14 heavy (non-hydrogen) atoms. The molecule has 0 saturated carbocycles. The molecule has 0 radical (unpaired) electrons. The number of aromatic nitrogens is 1. The van der Waals surface area contributed by atoms with Crippen molar-refractivity contribution >= 4 is 5.91 Å². The van der Waals surface area contributed by atoms with Crippen LogP contribution in [0.25, 0.3) is 0 Å². The molecule has 0 unspecified atom stereocenters. The molecule has 1 aromatic rings. The molecule has 5 nitrogen and oxygen atoms in total. The number of hydrogen-bond acceptors (Lipinski definition) is 4. The van der Waals surface area contributed by atoms with E-state index in [9.17, 15) is 4.79 Å². The van der Waals surface area contributed by atoms with Gasteiger partial charge in [-0.1, -0.05) is 0 Å². The van der Waals surface area contributed by atoms with Gasteiger partial charge in [-0.15, -0.1) is 0 Å². The molecule has 0 aliphatic rings. The Morgan fingerprint density at radius 1 is 1.50 bits per heavy atom. The van der Waals surface area contributed by atoms with Gasteiger partial charge in [0.1, 0.15) is 6.61 Å². The van der Waals surface area contributed by atoms with Gasteiger partial charge < -0.3 is 5.73 Å². The fourth-order valence-electron chi connectivity index (χ4n) is 0.939. The molecule has 0 spiro atoms. The van der Waals surface area contributed by atoms with E-state index in [0.717, 1.165) is 12.0 Å². The van der Waals surface area contributed by atoms with E-state index in [2.05, 4.69) is 10.5 Å². The lowest BCUT2D eigenvalue weighted by Crippen LogP contribution is -2.26. The molecule has 0 aromatic carbocycles. The number of pyridine rings is 1. The zero-order chi connectivity index (χ0) is 10.2. The minimum Gasteiger partial charge on any atom is -0.368 e. The summed E-state index contributed by atoms with van der Waals surface area (Å²) in [5.74, 6) is -0.485. The molecular weight excluding hydrogens is 182 g/mol. The highest BCUT2D eigenvalue weighted by molar-refractivity contribution is 5.74. The number of rotatable bonds is 6. The van der Waals surface area contributed by atoms with Crippen LogP contribution in [-0.2, 0) is 16.1 Å². The summed E-state index contributed by atoms with van der Waals surface area (Å²) in [5, 5.41) is 0. The molecule has 3 N–H and O–H groups in total. The predicted octanol–water partition coefficient (Wildman–Crippen LogP) is -0.369. The van der Waals surface area contributed by atoms with Crippen LogP contribution in [-0.4, -0.2) is 24.0 Å². The third-order valence-corrected chi connectivity index (χ3v) is 1.58. The summed E-state index contributed by atoms with van der Waals surface area (Å²) in [6.07, 6.45) is 4.29. The van der Waals surface area contributed by atoms with Crippen molar-refractivity contribution in [1.82, 2.24) is 10.5 Å². The number of primary amides is 1. The van der Waals surface area contributed by atoms with Gasteiger partial charge in [0.15, 0.2) is 0 Å². The van der Waals surface area contributed by atoms with Gasteiger partial charge in [-0.25, -0.2) is 5.48 Å². The molecule has 0 bridgehead atoms. The van der Waals surface area contributed by atoms with Crippen molar-refractivity contribution < 1.29 is 9.63 Å². The lowest BCUT2D eigenvalue weighted by molar-refractivity contribution is -0.125. The fourth-order valence-corrected chi connectivity index (χ4v) is 0.939. The number of carbonyl (C=O) groups excluding carboxylic acids is 1. The molecule has 1 amide bonds. The predicted molar refractivity (Wildman–Crippen MR) is 51.1 cm³/mol. The smallest absolute Gasteiger partial charge is 0.245 e. The number of amides is 1.